The molecule has 0 radical (unpaired) electrons. The van der Waals surface area contributed by atoms with Gasteiger partial charge in [-0.3, -0.25) is 4.79 Å². The van der Waals surface area contributed by atoms with Gasteiger partial charge >= 0.3 is 5.97 Å². The summed E-state index contributed by atoms with van der Waals surface area (Å²) in [5, 5.41) is 11.7. The van der Waals surface area contributed by atoms with E-state index < -0.39 is 29.4 Å². The van der Waals surface area contributed by atoms with E-state index in [2.05, 4.69) is 5.32 Å². The third-order valence-electron chi connectivity index (χ3n) is 3.03. The van der Waals surface area contributed by atoms with Gasteiger partial charge in [-0.05, 0) is 17.4 Å². The van der Waals surface area contributed by atoms with Gasteiger partial charge in [0.2, 0.25) is 5.91 Å². The normalized spacial score (nSPS) is 14.4. The van der Waals surface area contributed by atoms with Gasteiger partial charge in [0.1, 0.15) is 6.04 Å². The van der Waals surface area contributed by atoms with Crippen LogP contribution in [0.5, 0.6) is 0 Å². The number of carbonyl (C=O) groups excluding carboxylic acids is 1. The number of nitrogens with one attached hydrogen (secondary N) is 1. The Hall–Kier alpha value is -1.88. The number of rotatable bonds is 5. The van der Waals surface area contributed by atoms with Gasteiger partial charge in [-0.1, -0.05) is 51.1 Å². The molecule has 0 spiro atoms. The van der Waals surface area contributed by atoms with E-state index in [1.807, 2.05) is 30.3 Å². The fraction of sp³-hybridized carbons (Fsp3) is 0.467. The van der Waals surface area contributed by atoms with Gasteiger partial charge in [-0.25, -0.2) is 4.79 Å². The molecule has 0 aliphatic carbocycles. The molecule has 1 rings (SSSR count). The number of hydrogen-bond donors (Lipinski definition) is 3. The molecule has 5 nitrogen and oxygen atoms in total. The molecule has 0 saturated carbocycles. The second kappa shape index (κ2) is 6.52. The molecule has 0 aromatic heterocycles. The topological polar surface area (TPSA) is 92.4 Å². The van der Waals surface area contributed by atoms with Crippen molar-refractivity contribution >= 4 is 11.9 Å². The Balaban J connectivity index is 2.67. The van der Waals surface area contributed by atoms with E-state index in [4.69, 9.17) is 5.73 Å². The van der Waals surface area contributed by atoms with Crippen LogP contribution in [-0.2, 0) is 16.0 Å². The average molecular weight is 278 g/mol. The predicted octanol–water partition coefficient (Wildman–Crippen LogP) is 1.17. The van der Waals surface area contributed by atoms with Gasteiger partial charge in [-0.2, -0.15) is 0 Å². The summed E-state index contributed by atoms with van der Waals surface area (Å²) in [5.41, 5.74) is 6.20. The summed E-state index contributed by atoms with van der Waals surface area (Å²) in [7, 11) is 0. The highest BCUT2D eigenvalue weighted by atomic mass is 16.4. The van der Waals surface area contributed by atoms with Crippen molar-refractivity contribution in [2.75, 3.05) is 0 Å². The molecule has 0 aliphatic rings. The molecule has 0 aliphatic heterocycles. The zero-order chi connectivity index (χ0) is 15.3. The number of benzene rings is 1. The maximum absolute atomic E-state index is 12.0. The average Bonchev–Trinajstić information content (AvgIpc) is 2.34. The zero-order valence-corrected chi connectivity index (χ0v) is 12.1. The first-order valence-electron chi connectivity index (χ1n) is 6.54. The number of carboxylic acids is 1. The minimum atomic E-state index is -1.06. The lowest BCUT2D eigenvalue weighted by Gasteiger charge is -2.28. The van der Waals surface area contributed by atoms with Crippen LogP contribution in [0.15, 0.2) is 30.3 Å². The molecular formula is C15H22N2O3. The Labute approximate surface area is 119 Å². The molecule has 5 heteroatoms. The Morgan fingerprint density at radius 3 is 2.25 bits per heavy atom. The molecule has 1 amide bonds. The Bertz CT molecular complexity index is 466. The monoisotopic (exact) mass is 278 g/mol. The Morgan fingerprint density at radius 2 is 1.80 bits per heavy atom. The van der Waals surface area contributed by atoms with E-state index in [0.29, 0.717) is 6.42 Å². The second-order valence-electron chi connectivity index (χ2n) is 5.94. The van der Waals surface area contributed by atoms with Crippen LogP contribution in [0.3, 0.4) is 0 Å². The smallest absolute Gasteiger partial charge is 0.326 e. The number of amides is 1. The van der Waals surface area contributed by atoms with E-state index in [0.717, 1.165) is 5.56 Å². The molecule has 2 atom stereocenters. The number of carboxylic acid groups (broad SMARTS) is 1. The summed E-state index contributed by atoms with van der Waals surface area (Å²) in [5.74, 6) is -1.51. The predicted molar refractivity (Wildman–Crippen MR) is 77.1 cm³/mol. The van der Waals surface area contributed by atoms with Crippen molar-refractivity contribution in [3.8, 4) is 0 Å². The molecule has 4 N–H and O–H groups in total. The molecule has 110 valence electrons. The van der Waals surface area contributed by atoms with E-state index in [9.17, 15) is 14.7 Å². The van der Waals surface area contributed by atoms with Gasteiger partial charge in [0.05, 0.1) is 6.04 Å². The van der Waals surface area contributed by atoms with Gasteiger partial charge in [0.25, 0.3) is 0 Å². The van der Waals surface area contributed by atoms with Crippen LogP contribution in [0.25, 0.3) is 0 Å². The fourth-order valence-electron chi connectivity index (χ4n) is 1.86. The zero-order valence-electron chi connectivity index (χ0n) is 12.1. The minimum Gasteiger partial charge on any atom is -0.480 e. The summed E-state index contributed by atoms with van der Waals surface area (Å²) in [4.78, 5) is 23.2. The highest BCUT2D eigenvalue weighted by Gasteiger charge is 2.33. The van der Waals surface area contributed by atoms with Crippen LogP contribution in [0.1, 0.15) is 26.3 Å². The number of carbonyl (C=O) groups is 2. The molecular weight excluding hydrogens is 256 g/mol. The number of nitrogens with two attached hydrogens (primary N) is 1. The molecule has 1 aromatic carbocycles. The molecule has 1 aromatic rings. The quantitative estimate of drug-likeness (QED) is 0.754. The standard InChI is InChI=1S/C15H22N2O3/c1-15(2,3)12(14(19)20)17-13(18)11(16)9-10-7-5-4-6-8-10/h4-8,11-12H,9,16H2,1-3H3,(H,17,18)(H,19,20)/t11-,12-/m0/s1. The lowest BCUT2D eigenvalue weighted by atomic mass is 9.86. The second-order valence-corrected chi connectivity index (χ2v) is 5.94. The summed E-state index contributed by atoms with van der Waals surface area (Å²) >= 11 is 0. The lowest BCUT2D eigenvalue weighted by Crippen LogP contribution is -2.54. The Kier molecular flexibility index (Phi) is 5.27. The fourth-order valence-corrected chi connectivity index (χ4v) is 1.86. The highest BCUT2D eigenvalue weighted by Crippen LogP contribution is 2.19. The summed E-state index contributed by atoms with van der Waals surface area (Å²) in [6.45, 7) is 5.28. The molecule has 0 heterocycles. The summed E-state index contributed by atoms with van der Waals surface area (Å²) < 4.78 is 0. The van der Waals surface area contributed by atoms with Crippen molar-refractivity contribution in [2.24, 2.45) is 11.1 Å². The van der Waals surface area contributed by atoms with E-state index in [1.54, 1.807) is 20.8 Å². The first kappa shape index (κ1) is 16.2. The first-order valence-corrected chi connectivity index (χ1v) is 6.54. The molecule has 0 unspecified atom stereocenters. The van der Waals surface area contributed by atoms with Crippen LogP contribution < -0.4 is 11.1 Å². The molecule has 0 bridgehead atoms. The van der Waals surface area contributed by atoms with Crippen molar-refractivity contribution < 1.29 is 14.7 Å². The van der Waals surface area contributed by atoms with Crippen LogP contribution in [0.4, 0.5) is 0 Å². The van der Waals surface area contributed by atoms with Crippen molar-refractivity contribution in [3.63, 3.8) is 0 Å². The molecule has 20 heavy (non-hydrogen) atoms. The molecule has 0 saturated heterocycles. The minimum absolute atomic E-state index is 0.378. The highest BCUT2D eigenvalue weighted by molar-refractivity contribution is 5.87. The maximum atomic E-state index is 12.0. The maximum Gasteiger partial charge on any atom is 0.326 e. The third-order valence-corrected chi connectivity index (χ3v) is 3.03. The third kappa shape index (κ3) is 4.66. The lowest BCUT2D eigenvalue weighted by molar-refractivity contribution is -0.145. The van der Waals surface area contributed by atoms with Gasteiger partial charge in [0, 0.05) is 0 Å². The van der Waals surface area contributed by atoms with E-state index in [1.165, 1.54) is 0 Å². The largest absolute Gasteiger partial charge is 0.480 e. The van der Waals surface area contributed by atoms with Crippen LogP contribution >= 0.6 is 0 Å². The summed E-state index contributed by atoms with van der Waals surface area (Å²) in [6, 6.07) is 7.66. The Morgan fingerprint density at radius 1 is 1.25 bits per heavy atom. The number of hydrogen-bond acceptors (Lipinski definition) is 3. The van der Waals surface area contributed by atoms with Crippen LogP contribution in [0, 0.1) is 5.41 Å². The van der Waals surface area contributed by atoms with Crippen molar-refractivity contribution in [3.05, 3.63) is 35.9 Å². The van der Waals surface area contributed by atoms with E-state index in [-0.39, 0.29) is 0 Å². The van der Waals surface area contributed by atoms with Crippen molar-refractivity contribution in [1.29, 1.82) is 0 Å². The van der Waals surface area contributed by atoms with Crippen LogP contribution in [-0.4, -0.2) is 29.1 Å². The van der Waals surface area contributed by atoms with Crippen LogP contribution in [0.2, 0.25) is 0 Å². The van der Waals surface area contributed by atoms with Gasteiger partial charge in [-0.15, -0.1) is 0 Å². The van der Waals surface area contributed by atoms with E-state index >= 15 is 0 Å². The van der Waals surface area contributed by atoms with Crippen molar-refractivity contribution in [2.45, 2.75) is 39.3 Å². The van der Waals surface area contributed by atoms with Crippen molar-refractivity contribution in [1.82, 2.24) is 5.32 Å². The summed E-state index contributed by atoms with van der Waals surface area (Å²) in [6.07, 6.45) is 0.378. The molecule has 0 fully saturated rings. The van der Waals surface area contributed by atoms with Gasteiger partial charge < -0.3 is 16.2 Å². The number of aliphatic carboxylic acids is 1. The first-order chi connectivity index (χ1) is 9.21. The SMILES string of the molecule is CC(C)(C)[C@@H](NC(=O)[C@@H](N)Cc1ccccc1)C(=O)O. The van der Waals surface area contributed by atoms with Gasteiger partial charge in [0.15, 0.2) is 0 Å².